The number of hydrogen-bond acceptors (Lipinski definition) is 2. The molecule has 1 unspecified atom stereocenters. The zero-order valence-electron chi connectivity index (χ0n) is 17.5. The summed E-state index contributed by atoms with van der Waals surface area (Å²) in [6, 6.07) is 27.2. The van der Waals surface area contributed by atoms with Gasteiger partial charge >= 0.3 is 0 Å². The Morgan fingerprint density at radius 3 is 1.97 bits per heavy atom. The van der Waals surface area contributed by atoms with Gasteiger partial charge in [0.15, 0.2) is 6.54 Å². The van der Waals surface area contributed by atoms with E-state index < -0.39 is 0 Å². The number of carbonyl (C=O) groups excluding carboxylic acids is 1. The number of piperazine rings is 1. The fourth-order valence-electron chi connectivity index (χ4n) is 4.28. The van der Waals surface area contributed by atoms with Gasteiger partial charge in [0.25, 0.3) is 11.7 Å². The van der Waals surface area contributed by atoms with Crippen LogP contribution in [-0.2, 0) is 4.79 Å². The molecule has 3 aromatic rings. The van der Waals surface area contributed by atoms with E-state index in [1.807, 2.05) is 35.4 Å². The zero-order valence-corrected chi connectivity index (χ0v) is 17.5. The van der Waals surface area contributed by atoms with Gasteiger partial charge in [-0.1, -0.05) is 66.7 Å². The van der Waals surface area contributed by atoms with Crippen LogP contribution < -0.4 is 14.8 Å². The number of quaternary nitrogens is 1. The highest BCUT2D eigenvalue weighted by Gasteiger charge is 2.30. The van der Waals surface area contributed by atoms with Crippen LogP contribution in [-0.4, -0.2) is 50.6 Å². The SMILES string of the molecule is C[NH+](CC(=O)N1CCN(c2cccc[nH+]2)CC1)C(c1ccccc1)c1ccccc1. The number of nitrogens with zero attached hydrogens (tertiary/aromatic N) is 2. The number of H-pyrrole nitrogens is 1. The highest BCUT2D eigenvalue weighted by Crippen LogP contribution is 2.18. The van der Waals surface area contributed by atoms with Gasteiger partial charge in [0.1, 0.15) is 19.1 Å². The van der Waals surface area contributed by atoms with Crippen molar-refractivity contribution in [1.82, 2.24) is 4.90 Å². The van der Waals surface area contributed by atoms with E-state index >= 15 is 0 Å². The number of aromatic nitrogens is 1. The average molecular weight is 403 g/mol. The molecule has 1 amide bonds. The Labute approximate surface area is 178 Å². The molecule has 2 N–H and O–H groups in total. The number of benzene rings is 2. The minimum absolute atomic E-state index is 0.136. The molecule has 0 aliphatic carbocycles. The van der Waals surface area contributed by atoms with Crippen molar-refractivity contribution >= 4 is 11.7 Å². The molecule has 4 rings (SSSR count). The zero-order chi connectivity index (χ0) is 20.8. The molecule has 1 fully saturated rings. The van der Waals surface area contributed by atoms with E-state index in [1.165, 1.54) is 16.0 Å². The topological polar surface area (TPSA) is 42.1 Å². The maximum absolute atomic E-state index is 13.1. The largest absolute Gasteiger partial charge is 0.330 e. The van der Waals surface area contributed by atoms with Crippen LogP contribution in [0.25, 0.3) is 0 Å². The first-order chi connectivity index (χ1) is 14.7. The Kier molecular flexibility index (Phi) is 6.40. The molecule has 2 heterocycles. The third-order valence-electron chi connectivity index (χ3n) is 5.85. The van der Waals surface area contributed by atoms with Crippen LogP contribution in [0.3, 0.4) is 0 Å². The van der Waals surface area contributed by atoms with Gasteiger partial charge in [-0.05, 0) is 6.07 Å². The minimum atomic E-state index is 0.136. The molecule has 2 aromatic carbocycles. The van der Waals surface area contributed by atoms with E-state index in [-0.39, 0.29) is 11.9 Å². The third kappa shape index (κ3) is 4.69. The summed E-state index contributed by atoms with van der Waals surface area (Å²) in [6.07, 6.45) is 1.94. The Morgan fingerprint density at radius 2 is 1.43 bits per heavy atom. The van der Waals surface area contributed by atoms with Gasteiger partial charge in [0.2, 0.25) is 0 Å². The lowest BCUT2D eigenvalue weighted by Gasteiger charge is -2.32. The standard InChI is InChI=1S/C25H28N4O/c1-27(25(21-10-4-2-5-11-21)22-12-6-3-7-13-22)20-24(30)29-18-16-28(17-19-29)23-14-8-9-15-26-23/h2-15,25H,16-20H2,1H3/p+2. The van der Waals surface area contributed by atoms with E-state index in [0.717, 1.165) is 32.0 Å². The van der Waals surface area contributed by atoms with Crippen molar-refractivity contribution in [2.75, 3.05) is 44.7 Å². The Morgan fingerprint density at radius 1 is 0.867 bits per heavy atom. The normalized spacial score (nSPS) is 15.3. The summed E-state index contributed by atoms with van der Waals surface area (Å²) in [5, 5.41) is 0. The van der Waals surface area contributed by atoms with E-state index in [2.05, 4.69) is 71.5 Å². The van der Waals surface area contributed by atoms with Gasteiger partial charge in [-0.25, -0.2) is 4.98 Å². The molecule has 0 radical (unpaired) electrons. The Balaban J connectivity index is 1.42. The number of aromatic amines is 1. The van der Waals surface area contributed by atoms with Gasteiger partial charge in [-0.3, -0.25) is 9.69 Å². The Hall–Kier alpha value is -3.18. The number of amides is 1. The minimum Gasteiger partial charge on any atom is -0.330 e. The second kappa shape index (κ2) is 9.55. The lowest BCUT2D eigenvalue weighted by Crippen LogP contribution is -3.10. The second-order valence-corrected chi connectivity index (χ2v) is 7.89. The lowest BCUT2D eigenvalue weighted by atomic mass is 9.97. The van der Waals surface area contributed by atoms with Crippen molar-refractivity contribution in [2.24, 2.45) is 0 Å². The lowest BCUT2D eigenvalue weighted by molar-refractivity contribution is -0.898. The fraction of sp³-hybridized carbons (Fsp3) is 0.280. The second-order valence-electron chi connectivity index (χ2n) is 7.89. The molecule has 5 heteroatoms. The molecule has 1 atom stereocenters. The molecule has 0 saturated carbocycles. The maximum Gasteiger partial charge on any atom is 0.278 e. The molecule has 0 spiro atoms. The van der Waals surface area contributed by atoms with Crippen LogP contribution in [0.2, 0.25) is 0 Å². The molecular formula is C25H30N4O+2. The van der Waals surface area contributed by atoms with Crippen molar-refractivity contribution in [3.05, 3.63) is 96.2 Å². The van der Waals surface area contributed by atoms with Gasteiger partial charge in [0, 0.05) is 17.2 Å². The number of carbonyl (C=O) groups is 1. The first kappa shape index (κ1) is 20.1. The summed E-state index contributed by atoms with van der Waals surface area (Å²) in [4.78, 5) is 21.9. The number of rotatable bonds is 6. The summed E-state index contributed by atoms with van der Waals surface area (Å²) in [5.74, 6) is 1.33. The summed E-state index contributed by atoms with van der Waals surface area (Å²) >= 11 is 0. The van der Waals surface area contributed by atoms with Gasteiger partial charge < -0.3 is 9.80 Å². The third-order valence-corrected chi connectivity index (χ3v) is 5.85. The van der Waals surface area contributed by atoms with E-state index in [9.17, 15) is 4.79 Å². The predicted molar refractivity (Wildman–Crippen MR) is 118 cm³/mol. The van der Waals surface area contributed by atoms with Gasteiger partial charge in [0.05, 0.1) is 26.3 Å². The van der Waals surface area contributed by atoms with E-state index in [1.54, 1.807) is 0 Å². The molecule has 30 heavy (non-hydrogen) atoms. The predicted octanol–water partition coefficient (Wildman–Crippen LogP) is 1.45. The number of likely N-dealkylation sites (N-methyl/N-ethyl adjacent to an activating group) is 1. The maximum atomic E-state index is 13.1. The smallest absolute Gasteiger partial charge is 0.278 e. The molecule has 0 bridgehead atoms. The quantitative estimate of drug-likeness (QED) is 0.678. The highest BCUT2D eigenvalue weighted by atomic mass is 16.2. The number of anilines is 1. The monoisotopic (exact) mass is 402 g/mol. The van der Waals surface area contributed by atoms with Crippen molar-refractivity contribution < 1.29 is 14.7 Å². The average Bonchev–Trinajstić information content (AvgIpc) is 2.81. The van der Waals surface area contributed by atoms with Crippen LogP contribution in [0.1, 0.15) is 17.2 Å². The van der Waals surface area contributed by atoms with Crippen molar-refractivity contribution in [1.29, 1.82) is 0 Å². The van der Waals surface area contributed by atoms with Crippen molar-refractivity contribution in [3.8, 4) is 0 Å². The van der Waals surface area contributed by atoms with Crippen LogP contribution in [0, 0.1) is 0 Å². The van der Waals surface area contributed by atoms with Crippen LogP contribution in [0.4, 0.5) is 5.82 Å². The molecule has 1 aliphatic rings. The molecule has 5 nitrogen and oxygen atoms in total. The first-order valence-electron chi connectivity index (χ1n) is 10.6. The number of pyridine rings is 1. The Bertz CT molecular complexity index is 886. The van der Waals surface area contributed by atoms with Crippen LogP contribution >= 0.6 is 0 Å². The van der Waals surface area contributed by atoms with E-state index in [0.29, 0.717) is 6.54 Å². The van der Waals surface area contributed by atoms with Crippen LogP contribution in [0.15, 0.2) is 85.1 Å². The summed E-state index contributed by atoms with van der Waals surface area (Å²) in [6.45, 7) is 3.70. The molecule has 1 aromatic heterocycles. The fourth-order valence-corrected chi connectivity index (χ4v) is 4.28. The highest BCUT2D eigenvalue weighted by molar-refractivity contribution is 5.77. The van der Waals surface area contributed by atoms with E-state index in [4.69, 9.17) is 0 Å². The van der Waals surface area contributed by atoms with Gasteiger partial charge in [-0.15, -0.1) is 0 Å². The number of nitrogens with one attached hydrogen (secondary N) is 2. The van der Waals surface area contributed by atoms with Crippen molar-refractivity contribution in [3.63, 3.8) is 0 Å². The van der Waals surface area contributed by atoms with Crippen molar-refractivity contribution in [2.45, 2.75) is 6.04 Å². The summed E-state index contributed by atoms with van der Waals surface area (Å²) in [7, 11) is 2.12. The summed E-state index contributed by atoms with van der Waals surface area (Å²) in [5.41, 5.74) is 2.47. The van der Waals surface area contributed by atoms with Crippen LogP contribution in [0.5, 0.6) is 0 Å². The molecule has 154 valence electrons. The first-order valence-corrected chi connectivity index (χ1v) is 10.6. The molecule has 1 aliphatic heterocycles. The summed E-state index contributed by atoms with van der Waals surface area (Å²) < 4.78 is 0. The molecular weight excluding hydrogens is 372 g/mol. The van der Waals surface area contributed by atoms with Gasteiger partial charge in [-0.2, -0.15) is 0 Å². The number of hydrogen-bond donors (Lipinski definition) is 1. The molecule has 1 saturated heterocycles.